The number of fused-ring (bicyclic) bond motifs is 2. The number of nitrogens with two attached hydrogens (primary N) is 1. The van der Waals surface area contributed by atoms with Gasteiger partial charge in [-0.2, -0.15) is 0 Å². The smallest absolute Gasteiger partial charge is 0.276 e. The largest absolute Gasteiger partial charge is 0.396 e. The molecule has 1 aliphatic heterocycles. The number of aromatic amines is 2. The van der Waals surface area contributed by atoms with Gasteiger partial charge in [0.1, 0.15) is 0 Å². The number of hydrogen-bond acceptors (Lipinski definition) is 6. The molecule has 0 unspecified atom stereocenters. The first-order valence-corrected chi connectivity index (χ1v) is 11.6. The van der Waals surface area contributed by atoms with Crippen molar-refractivity contribution in [2.24, 2.45) is 0 Å². The van der Waals surface area contributed by atoms with Crippen LogP contribution in [0.4, 0.5) is 5.69 Å². The number of amides is 1. The number of nitrogens with zero attached hydrogens (tertiary/aromatic N) is 3. The first kappa shape index (κ1) is 22.1. The van der Waals surface area contributed by atoms with Crippen molar-refractivity contribution < 1.29 is 4.79 Å². The van der Waals surface area contributed by atoms with Gasteiger partial charge < -0.3 is 30.8 Å². The summed E-state index contributed by atoms with van der Waals surface area (Å²) < 4.78 is 0. The van der Waals surface area contributed by atoms with E-state index in [1.807, 2.05) is 24.3 Å². The van der Waals surface area contributed by atoms with Gasteiger partial charge in [-0.05, 0) is 50.3 Å². The Kier molecular flexibility index (Phi) is 6.04. The Bertz CT molecular complexity index is 1400. The fourth-order valence-corrected chi connectivity index (χ4v) is 4.42. The molecule has 176 valence electrons. The van der Waals surface area contributed by atoms with Gasteiger partial charge >= 0.3 is 0 Å². The van der Waals surface area contributed by atoms with Crippen LogP contribution in [0.2, 0.25) is 0 Å². The van der Waals surface area contributed by atoms with Gasteiger partial charge in [-0.25, -0.2) is 4.98 Å². The van der Waals surface area contributed by atoms with Crippen LogP contribution in [0.1, 0.15) is 16.8 Å². The van der Waals surface area contributed by atoms with Crippen LogP contribution in [0, 0.1) is 0 Å². The van der Waals surface area contributed by atoms with Crippen LogP contribution in [-0.2, 0) is 0 Å². The summed E-state index contributed by atoms with van der Waals surface area (Å²) in [6, 6.07) is 12.7. The highest BCUT2D eigenvalue weighted by Gasteiger charge is 2.18. The van der Waals surface area contributed by atoms with Gasteiger partial charge in [-0.3, -0.25) is 9.59 Å². The van der Waals surface area contributed by atoms with Crippen LogP contribution < -0.4 is 16.6 Å². The van der Waals surface area contributed by atoms with Crippen LogP contribution in [-0.4, -0.2) is 77.0 Å². The molecule has 4 aromatic rings. The lowest BCUT2D eigenvalue weighted by molar-refractivity contribution is 0.0949. The first-order chi connectivity index (χ1) is 16.5. The van der Waals surface area contributed by atoms with E-state index in [4.69, 9.17) is 5.73 Å². The molecule has 0 atom stereocenters. The normalized spacial score (nSPS) is 15.2. The number of anilines is 1. The Morgan fingerprint density at radius 1 is 1.09 bits per heavy atom. The molecule has 2 aromatic carbocycles. The molecule has 5 rings (SSSR count). The molecule has 0 spiro atoms. The van der Waals surface area contributed by atoms with Gasteiger partial charge in [-0.1, -0.05) is 12.1 Å². The summed E-state index contributed by atoms with van der Waals surface area (Å²) in [6.07, 6.45) is 0.907. The summed E-state index contributed by atoms with van der Waals surface area (Å²) in [6.45, 7) is 5.93. The number of para-hydroxylation sites is 2. The average molecular weight is 460 g/mol. The van der Waals surface area contributed by atoms with E-state index >= 15 is 0 Å². The second-order valence-corrected chi connectivity index (χ2v) is 8.86. The molecule has 0 radical (unpaired) electrons. The van der Waals surface area contributed by atoms with Gasteiger partial charge in [0.05, 0.1) is 22.4 Å². The minimum atomic E-state index is -0.324. The zero-order chi connectivity index (χ0) is 23.7. The number of carbonyl (C=O) groups is 1. The van der Waals surface area contributed by atoms with Gasteiger partial charge in [0.15, 0.2) is 5.69 Å². The zero-order valence-electron chi connectivity index (χ0n) is 19.2. The Balaban J connectivity index is 1.30. The van der Waals surface area contributed by atoms with Crippen molar-refractivity contribution in [2.45, 2.75) is 6.42 Å². The maximum absolute atomic E-state index is 12.7. The second kappa shape index (κ2) is 9.28. The number of benzene rings is 2. The maximum Gasteiger partial charge on any atom is 0.276 e. The molecule has 9 nitrogen and oxygen atoms in total. The van der Waals surface area contributed by atoms with Gasteiger partial charge in [0, 0.05) is 49.2 Å². The first-order valence-electron chi connectivity index (χ1n) is 11.6. The number of piperazine rings is 1. The van der Waals surface area contributed by atoms with E-state index in [-0.39, 0.29) is 17.2 Å². The van der Waals surface area contributed by atoms with Crippen molar-refractivity contribution in [2.75, 3.05) is 52.0 Å². The van der Waals surface area contributed by atoms with Crippen LogP contribution in [0.3, 0.4) is 0 Å². The molecule has 0 aliphatic carbocycles. The average Bonchev–Trinajstić information content (AvgIpc) is 3.18. The summed E-state index contributed by atoms with van der Waals surface area (Å²) in [5, 5.41) is 3.69. The molecule has 34 heavy (non-hydrogen) atoms. The molecule has 9 heteroatoms. The van der Waals surface area contributed by atoms with Crippen molar-refractivity contribution in [3.63, 3.8) is 0 Å². The predicted octanol–water partition coefficient (Wildman–Crippen LogP) is 2.02. The fourth-order valence-electron chi connectivity index (χ4n) is 4.42. The Morgan fingerprint density at radius 3 is 2.71 bits per heavy atom. The van der Waals surface area contributed by atoms with E-state index in [2.05, 4.69) is 37.1 Å². The molecule has 0 saturated carbocycles. The number of rotatable bonds is 6. The number of H-pyrrole nitrogens is 2. The van der Waals surface area contributed by atoms with Crippen LogP contribution in [0.5, 0.6) is 0 Å². The topological polar surface area (TPSA) is 123 Å². The lowest BCUT2D eigenvalue weighted by atomic mass is 10.1. The highest BCUT2D eigenvalue weighted by atomic mass is 16.1. The molecule has 1 amide bonds. The number of nitrogens with one attached hydrogen (secondary N) is 3. The van der Waals surface area contributed by atoms with E-state index in [9.17, 15) is 9.59 Å². The van der Waals surface area contributed by atoms with Gasteiger partial charge in [0.2, 0.25) is 0 Å². The number of nitrogen functional groups attached to an aromatic ring is 1. The third kappa shape index (κ3) is 4.40. The highest BCUT2D eigenvalue weighted by Crippen LogP contribution is 2.31. The number of hydrogen-bond donors (Lipinski definition) is 4. The molecule has 1 saturated heterocycles. The van der Waals surface area contributed by atoms with Gasteiger partial charge in [0.25, 0.3) is 11.5 Å². The molecule has 1 fully saturated rings. The van der Waals surface area contributed by atoms with E-state index in [0.717, 1.165) is 44.7 Å². The van der Waals surface area contributed by atoms with Crippen LogP contribution >= 0.6 is 0 Å². The number of likely N-dealkylation sites (N-methyl/N-ethyl adjacent to an activating group) is 1. The maximum atomic E-state index is 12.7. The summed E-state index contributed by atoms with van der Waals surface area (Å²) >= 11 is 0. The fraction of sp³-hybridized carbons (Fsp3) is 0.320. The summed E-state index contributed by atoms with van der Waals surface area (Å²) in [4.78, 5) is 40.7. The standard InChI is InChI=1S/C25H29N7O2/c1-31-11-13-32(14-12-31)10-4-9-27-24(33)16-7-8-18-17(15-16)21(26)22(28-18)23-25(34)30-20-6-3-2-5-19(20)29-23/h2-3,5-8,15,28H,4,9-14,26H2,1H3,(H,27,33)(H,30,34). The quantitative estimate of drug-likeness (QED) is 0.327. The number of aromatic nitrogens is 3. The predicted molar refractivity (Wildman–Crippen MR) is 135 cm³/mol. The summed E-state index contributed by atoms with van der Waals surface area (Å²) in [5.74, 6) is -0.135. The molecule has 5 N–H and O–H groups in total. The molecular formula is C25H29N7O2. The molecule has 1 aliphatic rings. The summed E-state index contributed by atoms with van der Waals surface area (Å²) in [7, 11) is 2.14. The van der Waals surface area contributed by atoms with E-state index in [1.54, 1.807) is 18.2 Å². The van der Waals surface area contributed by atoms with E-state index < -0.39 is 0 Å². The van der Waals surface area contributed by atoms with Crippen molar-refractivity contribution in [3.8, 4) is 11.4 Å². The zero-order valence-corrected chi connectivity index (χ0v) is 19.2. The molecule has 0 bridgehead atoms. The third-order valence-electron chi connectivity index (χ3n) is 6.47. The van der Waals surface area contributed by atoms with E-state index in [1.165, 1.54) is 0 Å². The summed E-state index contributed by atoms with van der Waals surface area (Å²) in [5.41, 5.74) is 9.76. The van der Waals surface area contributed by atoms with Crippen molar-refractivity contribution in [1.82, 2.24) is 30.1 Å². The van der Waals surface area contributed by atoms with Gasteiger partial charge in [-0.15, -0.1) is 0 Å². The van der Waals surface area contributed by atoms with Crippen LogP contribution in [0.15, 0.2) is 47.3 Å². The Labute approximate surface area is 197 Å². The minimum absolute atomic E-state index is 0.135. The lowest BCUT2D eigenvalue weighted by Crippen LogP contribution is -2.45. The molecule has 2 aromatic heterocycles. The third-order valence-corrected chi connectivity index (χ3v) is 6.47. The SMILES string of the molecule is CN1CCN(CCCNC(=O)c2ccc3[nH]c(-c4nc5ccccc5[nH]c4=O)c(N)c3c2)CC1. The molecule has 3 heterocycles. The minimum Gasteiger partial charge on any atom is -0.396 e. The molecular weight excluding hydrogens is 430 g/mol. The van der Waals surface area contributed by atoms with Crippen molar-refractivity contribution in [1.29, 1.82) is 0 Å². The van der Waals surface area contributed by atoms with Crippen LogP contribution in [0.25, 0.3) is 33.3 Å². The second-order valence-electron chi connectivity index (χ2n) is 8.86. The Hall–Kier alpha value is -3.69. The lowest BCUT2D eigenvalue weighted by Gasteiger charge is -2.32. The highest BCUT2D eigenvalue weighted by molar-refractivity contribution is 6.04. The monoisotopic (exact) mass is 459 g/mol. The van der Waals surface area contributed by atoms with Crippen molar-refractivity contribution in [3.05, 3.63) is 58.4 Å². The Morgan fingerprint density at radius 2 is 1.88 bits per heavy atom. The number of carbonyl (C=O) groups excluding carboxylic acids is 1. The van der Waals surface area contributed by atoms with E-state index in [0.29, 0.717) is 39.9 Å². The van der Waals surface area contributed by atoms with Crippen molar-refractivity contribution >= 4 is 33.5 Å².